The van der Waals surface area contributed by atoms with Gasteiger partial charge in [0.1, 0.15) is 5.82 Å². The zero-order valence-corrected chi connectivity index (χ0v) is 17.1. The summed E-state index contributed by atoms with van der Waals surface area (Å²) < 4.78 is 43.0. The van der Waals surface area contributed by atoms with Crippen molar-refractivity contribution < 1.29 is 12.8 Å². The topological polar surface area (TPSA) is 64.0 Å². The molecule has 0 amide bonds. The molecule has 3 aromatic rings. The normalized spacial score (nSPS) is 12.7. The molecule has 1 atom stereocenters. The SMILES string of the molecule is CCC(C)c1ccc(S(=O)(=O)Nc2ccn(Cc3c(F)cccc3Cl)n2)cc1. The van der Waals surface area contributed by atoms with Crippen LogP contribution in [0.15, 0.2) is 59.6 Å². The molecule has 0 aliphatic heterocycles. The molecule has 0 saturated carbocycles. The van der Waals surface area contributed by atoms with E-state index in [1.165, 1.54) is 22.9 Å². The van der Waals surface area contributed by atoms with E-state index in [1.54, 1.807) is 24.4 Å². The van der Waals surface area contributed by atoms with Crippen molar-refractivity contribution in [2.45, 2.75) is 37.6 Å². The van der Waals surface area contributed by atoms with Crippen LogP contribution < -0.4 is 4.72 Å². The summed E-state index contributed by atoms with van der Waals surface area (Å²) in [5.41, 5.74) is 1.38. The summed E-state index contributed by atoms with van der Waals surface area (Å²) in [6.07, 6.45) is 2.54. The summed E-state index contributed by atoms with van der Waals surface area (Å²) in [4.78, 5) is 0.159. The molecule has 0 aliphatic rings. The van der Waals surface area contributed by atoms with Crippen molar-refractivity contribution in [1.82, 2.24) is 9.78 Å². The third-order valence-corrected chi connectivity index (χ3v) is 6.36. The van der Waals surface area contributed by atoms with E-state index < -0.39 is 15.8 Å². The van der Waals surface area contributed by atoms with Gasteiger partial charge in [-0.15, -0.1) is 0 Å². The van der Waals surface area contributed by atoms with E-state index in [2.05, 4.69) is 23.7 Å². The Hall–Kier alpha value is -2.38. The molecule has 0 saturated heterocycles. The summed E-state index contributed by atoms with van der Waals surface area (Å²) in [5, 5.41) is 4.45. The van der Waals surface area contributed by atoms with Crippen LogP contribution in [-0.2, 0) is 16.6 Å². The van der Waals surface area contributed by atoms with Gasteiger partial charge in [0.05, 0.1) is 11.4 Å². The number of aromatic nitrogens is 2. The van der Waals surface area contributed by atoms with Crippen molar-refractivity contribution in [3.05, 3.63) is 76.7 Å². The molecular weight excluding hydrogens is 401 g/mol. The number of halogens is 2. The molecule has 0 spiro atoms. The number of hydrogen-bond acceptors (Lipinski definition) is 3. The highest BCUT2D eigenvalue weighted by atomic mass is 35.5. The number of rotatable bonds is 7. The lowest BCUT2D eigenvalue weighted by molar-refractivity contribution is 0.585. The molecule has 3 rings (SSSR count). The van der Waals surface area contributed by atoms with E-state index in [-0.39, 0.29) is 17.3 Å². The van der Waals surface area contributed by atoms with E-state index in [4.69, 9.17) is 11.6 Å². The van der Waals surface area contributed by atoms with Crippen LogP contribution in [0.25, 0.3) is 0 Å². The van der Waals surface area contributed by atoms with Crippen LogP contribution in [-0.4, -0.2) is 18.2 Å². The van der Waals surface area contributed by atoms with E-state index >= 15 is 0 Å². The summed E-state index contributed by atoms with van der Waals surface area (Å²) >= 11 is 6.03. The predicted molar refractivity (Wildman–Crippen MR) is 109 cm³/mol. The smallest absolute Gasteiger partial charge is 0.263 e. The lowest BCUT2D eigenvalue weighted by Gasteiger charge is -2.10. The Morgan fingerprint density at radius 3 is 2.54 bits per heavy atom. The lowest BCUT2D eigenvalue weighted by Crippen LogP contribution is -2.14. The molecule has 1 aromatic heterocycles. The molecule has 1 heterocycles. The van der Waals surface area contributed by atoms with E-state index in [1.807, 2.05) is 12.1 Å². The van der Waals surface area contributed by atoms with Crippen molar-refractivity contribution >= 4 is 27.4 Å². The second-order valence-corrected chi connectivity index (χ2v) is 8.67. The molecular formula is C20H21ClFN3O2S. The number of benzene rings is 2. The first-order chi connectivity index (χ1) is 13.3. The summed E-state index contributed by atoms with van der Waals surface area (Å²) in [7, 11) is -3.76. The molecule has 0 aliphatic carbocycles. The monoisotopic (exact) mass is 421 g/mol. The minimum atomic E-state index is -3.76. The summed E-state index contributed by atoms with van der Waals surface area (Å²) in [6, 6.07) is 12.8. The average Bonchev–Trinajstić information content (AvgIpc) is 3.10. The number of sulfonamides is 1. The number of nitrogens with zero attached hydrogens (tertiary/aromatic N) is 2. The van der Waals surface area contributed by atoms with Gasteiger partial charge < -0.3 is 0 Å². The summed E-state index contributed by atoms with van der Waals surface area (Å²) in [6.45, 7) is 4.27. The first-order valence-corrected chi connectivity index (χ1v) is 10.8. The van der Waals surface area contributed by atoms with Gasteiger partial charge in [0, 0.05) is 22.8 Å². The van der Waals surface area contributed by atoms with E-state index in [0.29, 0.717) is 16.5 Å². The highest BCUT2D eigenvalue weighted by molar-refractivity contribution is 7.92. The van der Waals surface area contributed by atoms with Gasteiger partial charge in [-0.1, -0.05) is 43.6 Å². The maximum atomic E-state index is 13.9. The van der Waals surface area contributed by atoms with Crippen LogP contribution in [0.4, 0.5) is 10.2 Å². The fourth-order valence-corrected chi connectivity index (χ4v) is 3.98. The number of nitrogens with one attached hydrogen (secondary N) is 1. The minimum Gasteiger partial charge on any atom is -0.266 e. The van der Waals surface area contributed by atoms with Gasteiger partial charge in [0.15, 0.2) is 5.82 Å². The van der Waals surface area contributed by atoms with Crippen LogP contribution in [0.2, 0.25) is 5.02 Å². The highest BCUT2D eigenvalue weighted by Crippen LogP contribution is 2.23. The fraction of sp³-hybridized carbons (Fsp3) is 0.250. The maximum absolute atomic E-state index is 13.9. The van der Waals surface area contributed by atoms with E-state index in [9.17, 15) is 12.8 Å². The van der Waals surface area contributed by atoms with Gasteiger partial charge in [-0.05, 0) is 42.2 Å². The Kier molecular flexibility index (Phi) is 6.05. The van der Waals surface area contributed by atoms with E-state index in [0.717, 1.165) is 12.0 Å². The van der Waals surface area contributed by atoms with Gasteiger partial charge in [-0.25, -0.2) is 12.8 Å². The van der Waals surface area contributed by atoms with Crippen LogP contribution in [0.1, 0.15) is 37.3 Å². The van der Waals surface area contributed by atoms with Gasteiger partial charge in [-0.3, -0.25) is 9.40 Å². The average molecular weight is 422 g/mol. The standard InChI is InChI=1S/C20H21ClFN3O2S/c1-3-14(2)15-7-9-16(10-8-15)28(26,27)24-20-11-12-25(23-20)13-17-18(21)5-4-6-19(17)22/h4-12,14H,3,13H2,1-2H3,(H,23,24). The minimum absolute atomic E-state index is 0.0941. The zero-order chi connectivity index (χ0) is 20.3. The molecule has 2 aromatic carbocycles. The van der Waals surface area contributed by atoms with Crippen molar-refractivity contribution in [2.24, 2.45) is 0 Å². The first-order valence-electron chi connectivity index (χ1n) is 8.89. The quantitative estimate of drug-likeness (QED) is 0.581. The molecule has 5 nitrogen and oxygen atoms in total. The molecule has 0 fully saturated rings. The highest BCUT2D eigenvalue weighted by Gasteiger charge is 2.17. The van der Waals surface area contributed by atoms with Crippen molar-refractivity contribution in [3.63, 3.8) is 0 Å². The fourth-order valence-electron chi connectivity index (χ4n) is 2.76. The molecule has 1 unspecified atom stereocenters. The third kappa shape index (κ3) is 4.54. The number of anilines is 1. The molecule has 0 bridgehead atoms. The lowest BCUT2D eigenvalue weighted by atomic mass is 9.99. The Bertz CT molecular complexity index is 1050. The Morgan fingerprint density at radius 1 is 1.18 bits per heavy atom. The first kappa shape index (κ1) is 20.4. The van der Waals surface area contributed by atoms with Crippen molar-refractivity contribution in [2.75, 3.05) is 4.72 Å². The largest absolute Gasteiger partial charge is 0.266 e. The molecule has 8 heteroatoms. The number of hydrogen-bond donors (Lipinski definition) is 1. The molecule has 1 N–H and O–H groups in total. The Morgan fingerprint density at radius 2 is 1.89 bits per heavy atom. The zero-order valence-electron chi connectivity index (χ0n) is 15.6. The molecule has 0 radical (unpaired) electrons. The van der Waals surface area contributed by atoms with Gasteiger partial charge >= 0.3 is 0 Å². The van der Waals surface area contributed by atoms with Crippen molar-refractivity contribution in [3.8, 4) is 0 Å². The maximum Gasteiger partial charge on any atom is 0.263 e. The summed E-state index contributed by atoms with van der Waals surface area (Å²) in [5.74, 6) is 0.0793. The molecule has 148 valence electrons. The van der Waals surface area contributed by atoms with Gasteiger partial charge in [-0.2, -0.15) is 5.10 Å². The second kappa shape index (κ2) is 8.32. The molecule has 28 heavy (non-hydrogen) atoms. The predicted octanol–water partition coefficient (Wildman–Crippen LogP) is 5.04. The third-order valence-electron chi connectivity index (χ3n) is 4.63. The van der Waals surface area contributed by atoms with Crippen LogP contribution in [0.5, 0.6) is 0 Å². The van der Waals surface area contributed by atoms with Gasteiger partial charge in [0.2, 0.25) is 0 Å². The van der Waals surface area contributed by atoms with Crippen LogP contribution in [0, 0.1) is 5.82 Å². The van der Waals surface area contributed by atoms with Crippen molar-refractivity contribution in [1.29, 1.82) is 0 Å². The van der Waals surface area contributed by atoms with Crippen LogP contribution in [0.3, 0.4) is 0 Å². The van der Waals surface area contributed by atoms with Crippen LogP contribution >= 0.6 is 11.6 Å². The Labute approximate surface area is 169 Å². The Balaban J connectivity index is 1.75. The van der Waals surface area contributed by atoms with Gasteiger partial charge in [0.25, 0.3) is 10.0 Å². The second-order valence-electron chi connectivity index (χ2n) is 6.58.